The molecule has 0 unspecified atom stereocenters. The van der Waals surface area contributed by atoms with Crippen LogP contribution in [-0.2, 0) is 0 Å². The average Bonchev–Trinajstić information content (AvgIpc) is 1.27. The smallest absolute Gasteiger partial charge is 0.164 e. The Bertz CT molecular complexity index is 5070. The summed E-state index contributed by atoms with van der Waals surface area (Å²) in [7, 11) is 0. The van der Waals surface area contributed by atoms with E-state index >= 15 is 0 Å². The Morgan fingerprint density at radius 3 is 0.681 bits per heavy atom. The molecule has 8 heteroatoms. The summed E-state index contributed by atoms with van der Waals surface area (Å²) in [5.74, 6) is 0.979. The number of nitrogens with zero attached hydrogens (tertiary/aromatic N) is 8. The van der Waals surface area contributed by atoms with E-state index in [0.29, 0.717) is 11.6 Å². The van der Waals surface area contributed by atoms with Crippen molar-refractivity contribution in [3.05, 3.63) is 352 Å². The molecule has 0 amide bonds. The van der Waals surface area contributed by atoms with Crippen molar-refractivity contribution in [2.24, 2.45) is 0 Å². The lowest BCUT2D eigenvalue weighted by atomic mass is 9.93. The highest BCUT2D eigenvalue weighted by Gasteiger charge is 2.39. The molecule has 442 valence electrons. The lowest BCUT2D eigenvalue weighted by Crippen LogP contribution is -2.22. The average molecular weight is 1200 g/mol. The maximum Gasteiger partial charge on any atom is 0.164 e. The lowest BCUT2D eigenvalue weighted by Gasteiger charge is -2.38. The first-order valence-electron chi connectivity index (χ1n) is 31.7. The van der Waals surface area contributed by atoms with Crippen molar-refractivity contribution in [1.82, 2.24) is 29.1 Å². The number of hydrogen-bond donors (Lipinski definition) is 0. The van der Waals surface area contributed by atoms with E-state index in [0.717, 1.165) is 145 Å². The zero-order chi connectivity index (χ0) is 62.3. The Labute approximate surface area is 544 Å². The fourth-order valence-corrected chi connectivity index (χ4v) is 13.6. The quantitative estimate of drug-likeness (QED) is 0.108. The summed E-state index contributed by atoms with van der Waals surface area (Å²) >= 11 is 0. The third-order valence-corrected chi connectivity index (χ3v) is 17.7. The van der Waals surface area contributed by atoms with Crippen molar-refractivity contribution in [2.45, 2.75) is 0 Å². The minimum atomic E-state index is 0.485. The van der Waals surface area contributed by atoms with Gasteiger partial charge in [-0.25, -0.2) is 19.9 Å². The van der Waals surface area contributed by atoms with Crippen LogP contribution in [0.15, 0.2) is 352 Å². The van der Waals surface area contributed by atoms with Gasteiger partial charge in [-0.1, -0.05) is 267 Å². The molecule has 0 saturated heterocycles. The van der Waals surface area contributed by atoms with Gasteiger partial charge >= 0.3 is 0 Å². The number of hydrogen-bond acceptors (Lipinski definition) is 6. The van der Waals surface area contributed by atoms with Gasteiger partial charge in [-0.15, -0.1) is 0 Å². The van der Waals surface area contributed by atoms with Crippen LogP contribution in [-0.4, -0.2) is 29.1 Å². The van der Waals surface area contributed by atoms with Crippen LogP contribution in [0.5, 0.6) is 0 Å². The summed E-state index contributed by atoms with van der Waals surface area (Å²) in [5.41, 5.74) is 18.9. The van der Waals surface area contributed by atoms with E-state index in [1.807, 2.05) is 0 Å². The standard InChI is InChI=1S/C86H58N8/c1-9-33-59(34-10-1)71-57-72(60-35-11-2-12-36-60)88-85(87-71)79-81(91(63-41-17-5-18-42-63)64-43-19-6-20-44-64)83(93-75-53-29-25-49-67(75)68-50-26-30-54-76(68)93)80(86-89-73(61-37-13-3-14-38-61)58-74(90-86)62-39-15-4-16-40-62)84(94-77-55-31-27-51-69(77)70-52-28-32-56-78(70)94)82(79)92(65-45-21-7-22-46-65)66-47-23-8-24-48-66/h1-58H. The van der Waals surface area contributed by atoms with Gasteiger partial charge in [0.2, 0.25) is 0 Å². The highest BCUT2D eigenvalue weighted by atomic mass is 15.2. The summed E-state index contributed by atoms with van der Waals surface area (Å²) in [6.07, 6.45) is 0. The van der Waals surface area contributed by atoms with Crippen LogP contribution < -0.4 is 9.80 Å². The van der Waals surface area contributed by atoms with E-state index in [-0.39, 0.29) is 0 Å². The van der Waals surface area contributed by atoms with Gasteiger partial charge in [0.1, 0.15) is 0 Å². The van der Waals surface area contributed by atoms with Gasteiger partial charge in [-0.2, -0.15) is 0 Å². The second-order valence-corrected chi connectivity index (χ2v) is 23.3. The van der Waals surface area contributed by atoms with Crippen molar-refractivity contribution < 1.29 is 0 Å². The highest BCUT2D eigenvalue weighted by Crippen LogP contribution is 2.59. The van der Waals surface area contributed by atoms with Crippen LogP contribution in [0.3, 0.4) is 0 Å². The molecule has 0 radical (unpaired) electrons. The number of benzene rings is 13. The maximum absolute atomic E-state index is 6.06. The van der Waals surface area contributed by atoms with Gasteiger partial charge < -0.3 is 18.9 Å². The number of aromatic nitrogens is 6. The molecule has 13 aromatic carbocycles. The number of anilines is 6. The van der Waals surface area contributed by atoms with E-state index < -0.39 is 0 Å². The molecule has 0 aliphatic carbocycles. The molecule has 8 nitrogen and oxygen atoms in total. The molecule has 0 fully saturated rings. The van der Waals surface area contributed by atoms with E-state index in [1.165, 1.54) is 0 Å². The van der Waals surface area contributed by atoms with Crippen LogP contribution in [0, 0.1) is 0 Å². The fourth-order valence-electron chi connectivity index (χ4n) is 13.6. The first-order valence-corrected chi connectivity index (χ1v) is 31.7. The van der Waals surface area contributed by atoms with E-state index in [2.05, 4.69) is 371 Å². The Balaban J connectivity index is 1.24. The minimum absolute atomic E-state index is 0.485. The second-order valence-electron chi connectivity index (χ2n) is 23.3. The predicted molar refractivity (Wildman–Crippen MR) is 388 cm³/mol. The summed E-state index contributed by atoms with van der Waals surface area (Å²) < 4.78 is 4.96. The number of fused-ring (bicyclic) bond motifs is 6. The van der Waals surface area contributed by atoms with Crippen molar-refractivity contribution in [3.8, 4) is 79.2 Å². The van der Waals surface area contributed by atoms with Crippen molar-refractivity contribution in [1.29, 1.82) is 0 Å². The van der Waals surface area contributed by atoms with Gasteiger partial charge in [0, 0.05) is 66.5 Å². The normalized spacial score (nSPS) is 11.4. The van der Waals surface area contributed by atoms with Crippen LogP contribution in [0.1, 0.15) is 0 Å². The molecule has 0 spiro atoms. The van der Waals surface area contributed by atoms with E-state index in [4.69, 9.17) is 19.9 Å². The third kappa shape index (κ3) is 9.73. The molecule has 0 N–H and O–H groups in total. The highest BCUT2D eigenvalue weighted by molar-refractivity contribution is 6.18. The molecule has 17 aromatic rings. The molecule has 17 rings (SSSR count). The van der Waals surface area contributed by atoms with Crippen LogP contribution in [0.25, 0.3) is 123 Å². The SMILES string of the molecule is c1ccc(-c2cc(-c3ccccc3)nc(-c3c(N(c4ccccc4)c4ccccc4)c(-n4c5ccccc5c5ccccc54)c(-c4nc(-c5ccccc5)cc(-c5ccccc5)n4)c(-n4c5ccccc5c5ccccc54)c3N(c3ccccc3)c3ccccc3)n2)cc1. The summed E-state index contributed by atoms with van der Waals surface area (Å²) in [6, 6.07) is 124. The van der Waals surface area contributed by atoms with Gasteiger partial charge in [-0.3, -0.25) is 0 Å². The molecule has 4 heterocycles. The van der Waals surface area contributed by atoms with Gasteiger partial charge in [0.25, 0.3) is 0 Å². The van der Waals surface area contributed by atoms with Gasteiger partial charge in [0.15, 0.2) is 11.6 Å². The monoisotopic (exact) mass is 1200 g/mol. The first-order chi connectivity index (χ1) is 46.7. The van der Waals surface area contributed by atoms with E-state index in [1.54, 1.807) is 0 Å². The zero-order valence-corrected chi connectivity index (χ0v) is 51.1. The van der Waals surface area contributed by atoms with Gasteiger partial charge in [-0.05, 0) is 84.9 Å². The number of rotatable bonds is 14. The Morgan fingerprint density at radius 2 is 0.426 bits per heavy atom. The van der Waals surface area contributed by atoms with Crippen molar-refractivity contribution >= 4 is 77.7 Å². The lowest BCUT2D eigenvalue weighted by molar-refractivity contribution is 1.07. The largest absolute Gasteiger partial charge is 0.308 e. The Morgan fingerprint density at radius 1 is 0.213 bits per heavy atom. The molecular weight excluding hydrogens is 1150 g/mol. The van der Waals surface area contributed by atoms with Crippen molar-refractivity contribution in [2.75, 3.05) is 9.80 Å². The molecule has 0 aliphatic rings. The maximum atomic E-state index is 6.06. The van der Waals surface area contributed by atoms with E-state index in [9.17, 15) is 0 Å². The number of para-hydroxylation sites is 8. The Hall–Kier alpha value is -12.8. The molecular formula is C86H58N8. The molecule has 0 aliphatic heterocycles. The second kappa shape index (κ2) is 23.9. The van der Waals surface area contributed by atoms with Gasteiger partial charge in [0.05, 0.1) is 78.7 Å². The summed E-state index contributed by atoms with van der Waals surface area (Å²) in [4.78, 5) is 29.1. The minimum Gasteiger partial charge on any atom is -0.308 e. The van der Waals surface area contributed by atoms with Crippen LogP contribution >= 0.6 is 0 Å². The Kier molecular flexibility index (Phi) is 14.0. The first kappa shape index (κ1) is 55.3. The third-order valence-electron chi connectivity index (χ3n) is 17.7. The molecule has 4 aromatic heterocycles. The van der Waals surface area contributed by atoms with Crippen LogP contribution in [0.2, 0.25) is 0 Å². The summed E-state index contributed by atoms with van der Waals surface area (Å²) in [5, 5.41) is 4.33. The molecule has 0 bridgehead atoms. The topological polar surface area (TPSA) is 67.9 Å². The van der Waals surface area contributed by atoms with Crippen molar-refractivity contribution in [3.63, 3.8) is 0 Å². The summed E-state index contributed by atoms with van der Waals surface area (Å²) in [6.45, 7) is 0. The fraction of sp³-hybridized carbons (Fsp3) is 0. The zero-order valence-electron chi connectivity index (χ0n) is 51.1. The van der Waals surface area contributed by atoms with Crippen LogP contribution in [0.4, 0.5) is 34.1 Å². The molecule has 94 heavy (non-hydrogen) atoms. The molecule has 0 atom stereocenters. The molecule has 0 saturated carbocycles. The predicted octanol–water partition coefficient (Wildman–Crippen LogP) is 22.4.